The number of hydrogen-bond donors (Lipinski definition) is 1. The van der Waals surface area contributed by atoms with Crippen LogP contribution in [0.5, 0.6) is 11.5 Å². The topological polar surface area (TPSA) is 80.3 Å². The lowest BCUT2D eigenvalue weighted by Crippen LogP contribution is -2.46. The van der Waals surface area contributed by atoms with E-state index >= 15 is 0 Å². The summed E-state index contributed by atoms with van der Waals surface area (Å²) in [5.41, 5.74) is 2.62. The minimum Gasteiger partial charge on any atom is -0.454 e. The molecule has 3 heterocycles. The first-order valence-corrected chi connectivity index (χ1v) is 13.3. The number of aryl methyl sites for hydroxylation is 1. The summed E-state index contributed by atoms with van der Waals surface area (Å²) >= 11 is 1.60. The molecule has 37 heavy (non-hydrogen) atoms. The number of ether oxygens (including phenoxy) is 3. The van der Waals surface area contributed by atoms with E-state index in [1.165, 1.54) is 0 Å². The summed E-state index contributed by atoms with van der Waals surface area (Å²) in [6.45, 7) is 3.98. The maximum atomic E-state index is 13.7. The highest BCUT2D eigenvalue weighted by molar-refractivity contribution is 7.09. The third kappa shape index (κ3) is 6.42. The van der Waals surface area contributed by atoms with Crippen molar-refractivity contribution < 1.29 is 23.8 Å². The predicted octanol–water partition coefficient (Wildman–Crippen LogP) is 5.03. The van der Waals surface area contributed by atoms with Gasteiger partial charge in [0.15, 0.2) is 11.5 Å². The van der Waals surface area contributed by atoms with Crippen molar-refractivity contribution in [3.05, 3.63) is 76.0 Å². The molecule has 3 aromatic rings. The van der Waals surface area contributed by atoms with E-state index in [-0.39, 0.29) is 31.4 Å². The zero-order chi connectivity index (χ0) is 25.6. The van der Waals surface area contributed by atoms with Gasteiger partial charge in [-0.2, -0.15) is 0 Å². The maximum Gasteiger partial charge on any atom is 0.322 e. The Bertz CT molecular complexity index is 1230. The number of urea groups is 1. The van der Waals surface area contributed by atoms with Gasteiger partial charge in [0.2, 0.25) is 12.7 Å². The molecule has 0 aliphatic carbocycles. The van der Waals surface area contributed by atoms with E-state index in [1.807, 2.05) is 66.9 Å². The van der Waals surface area contributed by atoms with E-state index in [1.54, 1.807) is 21.1 Å². The molecule has 1 fully saturated rings. The van der Waals surface area contributed by atoms with Crippen molar-refractivity contribution in [2.75, 3.05) is 31.8 Å². The van der Waals surface area contributed by atoms with Crippen molar-refractivity contribution >= 4 is 29.0 Å². The summed E-state index contributed by atoms with van der Waals surface area (Å²) in [5, 5.41) is 4.98. The molecule has 1 aromatic heterocycles. The largest absolute Gasteiger partial charge is 0.454 e. The minimum atomic E-state index is -0.308. The van der Waals surface area contributed by atoms with Gasteiger partial charge in [0, 0.05) is 30.3 Å². The van der Waals surface area contributed by atoms with E-state index in [2.05, 4.69) is 5.32 Å². The van der Waals surface area contributed by atoms with Gasteiger partial charge in [-0.1, -0.05) is 30.3 Å². The number of carbonyl (C=O) groups is 2. The third-order valence-electron chi connectivity index (χ3n) is 6.54. The Balaban J connectivity index is 1.34. The molecular formula is C28H31N3O5S. The molecule has 8 nitrogen and oxygen atoms in total. The molecule has 0 saturated carbocycles. The van der Waals surface area contributed by atoms with Crippen molar-refractivity contribution in [2.24, 2.45) is 0 Å². The molecule has 2 aromatic carbocycles. The number of anilines is 1. The number of nitrogens with one attached hydrogen (secondary N) is 1. The second-order valence-electron chi connectivity index (χ2n) is 9.28. The molecule has 5 rings (SSSR count). The Morgan fingerprint density at radius 1 is 1.03 bits per heavy atom. The van der Waals surface area contributed by atoms with Gasteiger partial charge >= 0.3 is 6.03 Å². The van der Waals surface area contributed by atoms with Crippen LogP contribution in [0.1, 0.15) is 28.8 Å². The molecular weight excluding hydrogens is 490 g/mol. The van der Waals surface area contributed by atoms with E-state index < -0.39 is 0 Å². The van der Waals surface area contributed by atoms with Crippen LogP contribution < -0.4 is 14.8 Å². The SMILES string of the molecule is Cc1ccccc1NC(=O)N(CC(=O)N(Cc1ccc2c(c1)OCO2)Cc1cccs1)CC1CCCO1. The fraction of sp³-hybridized carbons (Fsp3) is 0.357. The summed E-state index contributed by atoms with van der Waals surface area (Å²) in [7, 11) is 0. The summed E-state index contributed by atoms with van der Waals surface area (Å²) < 4.78 is 16.8. The summed E-state index contributed by atoms with van der Waals surface area (Å²) in [6.07, 6.45) is 1.76. The van der Waals surface area contributed by atoms with Crippen molar-refractivity contribution in [1.82, 2.24) is 9.80 Å². The van der Waals surface area contributed by atoms with Crippen LogP contribution in [0.3, 0.4) is 0 Å². The number of rotatable bonds is 9. The Morgan fingerprint density at radius 3 is 2.68 bits per heavy atom. The van der Waals surface area contributed by atoms with Crippen molar-refractivity contribution in [3.8, 4) is 11.5 Å². The average Bonchev–Trinajstić information content (AvgIpc) is 3.68. The Kier molecular flexibility index (Phi) is 7.91. The number of fused-ring (bicyclic) bond motifs is 1. The second-order valence-corrected chi connectivity index (χ2v) is 10.3. The van der Waals surface area contributed by atoms with E-state index in [4.69, 9.17) is 14.2 Å². The number of thiophene rings is 1. The highest BCUT2D eigenvalue weighted by Crippen LogP contribution is 2.33. The molecule has 0 bridgehead atoms. The minimum absolute atomic E-state index is 0.0481. The van der Waals surface area contributed by atoms with E-state index in [0.29, 0.717) is 37.7 Å². The molecule has 1 saturated heterocycles. The van der Waals surface area contributed by atoms with Gasteiger partial charge < -0.3 is 29.3 Å². The van der Waals surface area contributed by atoms with Gasteiger partial charge in [0.05, 0.1) is 12.6 Å². The molecule has 1 atom stereocenters. The molecule has 1 N–H and O–H groups in total. The van der Waals surface area contributed by atoms with Crippen LogP contribution in [-0.4, -0.2) is 54.3 Å². The first-order valence-electron chi connectivity index (χ1n) is 12.5. The molecule has 9 heteroatoms. The van der Waals surface area contributed by atoms with Crippen LogP contribution in [0, 0.1) is 6.92 Å². The van der Waals surface area contributed by atoms with Crippen LogP contribution >= 0.6 is 11.3 Å². The van der Waals surface area contributed by atoms with Gasteiger partial charge in [0.25, 0.3) is 0 Å². The standard InChI is InChI=1S/C28H31N3O5S/c1-20-6-2-3-9-24(20)29-28(33)31(16-22-7-4-12-34-22)18-27(32)30(17-23-8-5-13-37-23)15-21-10-11-25-26(14-21)36-19-35-25/h2-3,5-6,8-11,13-14,22H,4,7,12,15-19H2,1H3,(H,29,33). The zero-order valence-corrected chi connectivity index (χ0v) is 21.7. The zero-order valence-electron chi connectivity index (χ0n) is 20.9. The highest BCUT2D eigenvalue weighted by atomic mass is 32.1. The fourth-order valence-corrected chi connectivity index (χ4v) is 5.23. The van der Waals surface area contributed by atoms with Crippen LogP contribution in [-0.2, 0) is 22.6 Å². The number of para-hydroxylation sites is 1. The Morgan fingerprint density at radius 2 is 1.89 bits per heavy atom. The second kappa shape index (κ2) is 11.7. The van der Waals surface area contributed by atoms with Crippen LogP contribution in [0.2, 0.25) is 0 Å². The van der Waals surface area contributed by atoms with Gasteiger partial charge in [-0.25, -0.2) is 4.79 Å². The van der Waals surface area contributed by atoms with E-state index in [9.17, 15) is 9.59 Å². The molecule has 194 valence electrons. The monoisotopic (exact) mass is 521 g/mol. The fourth-order valence-electron chi connectivity index (χ4n) is 4.51. The first kappa shape index (κ1) is 25.1. The summed E-state index contributed by atoms with van der Waals surface area (Å²) in [4.78, 5) is 31.5. The molecule has 2 aliphatic rings. The van der Waals surface area contributed by atoms with Crippen LogP contribution in [0.15, 0.2) is 60.0 Å². The van der Waals surface area contributed by atoms with Crippen molar-refractivity contribution in [2.45, 2.75) is 39.0 Å². The van der Waals surface area contributed by atoms with Gasteiger partial charge in [-0.15, -0.1) is 11.3 Å². The molecule has 3 amide bonds. The van der Waals surface area contributed by atoms with Gasteiger partial charge in [-0.3, -0.25) is 4.79 Å². The predicted molar refractivity (Wildman–Crippen MR) is 142 cm³/mol. The number of amides is 3. The van der Waals surface area contributed by atoms with Crippen LogP contribution in [0.25, 0.3) is 0 Å². The number of benzene rings is 2. The molecule has 2 aliphatic heterocycles. The summed E-state index contributed by atoms with van der Waals surface area (Å²) in [6, 6.07) is 17.0. The highest BCUT2D eigenvalue weighted by Gasteiger charge is 2.27. The van der Waals surface area contributed by atoms with Gasteiger partial charge in [-0.05, 0) is 60.5 Å². The lowest BCUT2D eigenvalue weighted by Gasteiger charge is -2.29. The van der Waals surface area contributed by atoms with Gasteiger partial charge in [0.1, 0.15) is 6.54 Å². The van der Waals surface area contributed by atoms with E-state index in [0.717, 1.165) is 34.5 Å². The van der Waals surface area contributed by atoms with Crippen LogP contribution in [0.4, 0.5) is 10.5 Å². The lowest BCUT2D eigenvalue weighted by molar-refractivity contribution is -0.133. The lowest BCUT2D eigenvalue weighted by atomic mass is 10.1. The number of carbonyl (C=O) groups excluding carboxylic acids is 2. The smallest absolute Gasteiger partial charge is 0.322 e. The molecule has 0 radical (unpaired) electrons. The number of nitrogens with zero attached hydrogens (tertiary/aromatic N) is 2. The molecule has 0 spiro atoms. The third-order valence-corrected chi connectivity index (χ3v) is 7.40. The maximum absolute atomic E-state index is 13.7. The van der Waals surface area contributed by atoms with Crippen molar-refractivity contribution in [1.29, 1.82) is 0 Å². The number of hydrogen-bond acceptors (Lipinski definition) is 6. The van der Waals surface area contributed by atoms with Crippen molar-refractivity contribution in [3.63, 3.8) is 0 Å². The summed E-state index contributed by atoms with van der Waals surface area (Å²) in [5.74, 6) is 1.25. The quantitative estimate of drug-likeness (QED) is 0.427. The normalized spacial score (nSPS) is 16.0. The Labute approximate surface area is 220 Å². The first-order chi connectivity index (χ1) is 18.0. The average molecular weight is 522 g/mol. The molecule has 1 unspecified atom stereocenters. The Hall–Kier alpha value is -3.56.